The number of benzene rings is 1. The fourth-order valence-electron chi connectivity index (χ4n) is 3.77. The van der Waals surface area contributed by atoms with Gasteiger partial charge in [0.05, 0.1) is 0 Å². The molecule has 1 aliphatic rings. The second-order valence-electron chi connectivity index (χ2n) is 7.46. The lowest BCUT2D eigenvalue weighted by Gasteiger charge is -2.40. The van der Waals surface area contributed by atoms with Crippen molar-refractivity contribution in [1.29, 1.82) is 0 Å². The lowest BCUT2D eigenvalue weighted by atomic mass is 9.77. The van der Waals surface area contributed by atoms with Crippen molar-refractivity contribution >= 4 is 0 Å². The molecular weight excluding hydrogens is 256 g/mol. The Labute approximate surface area is 130 Å². The van der Waals surface area contributed by atoms with E-state index in [9.17, 15) is 0 Å². The van der Waals surface area contributed by atoms with Crippen LogP contribution in [0.15, 0.2) is 24.3 Å². The van der Waals surface area contributed by atoms with Gasteiger partial charge in [0.1, 0.15) is 0 Å². The quantitative estimate of drug-likeness (QED) is 0.842. The summed E-state index contributed by atoms with van der Waals surface area (Å²) < 4.78 is 0. The van der Waals surface area contributed by atoms with Gasteiger partial charge in [-0.15, -0.1) is 0 Å². The lowest BCUT2D eigenvalue weighted by Crippen LogP contribution is -2.56. The van der Waals surface area contributed by atoms with Crippen LogP contribution in [0.4, 0.5) is 0 Å². The molecule has 118 valence electrons. The fourth-order valence-corrected chi connectivity index (χ4v) is 3.77. The Bertz CT molecular complexity index is 445. The molecule has 1 aromatic carbocycles. The summed E-state index contributed by atoms with van der Waals surface area (Å²) in [5.41, 5.74) is 9.25. The van der Waals surface area contributed by atoms with Crippen LogP contribution in [0.3, 0.4) is 0 Å². The average Bonchev–Trinajstić information content (AvgIpc) is 2.46. The number of fused-ring (bicyclic) bond motifs is 1. The Morgan fingerprint density at radius 1 is 1.10 bits per heavy atom. The van der Waals surface area contributed by atoms with Gasteiger partial charge in [0, 0.05) is 12.1 Å². The van der Waals surface area contributed by atoms with E-state index in [2.05, 4.69) is 57.3 Å². The van der Waals surface area contributed by atoms with Crippen molar-refractivity contribution in [2.24, 2.45) is 23.5 Å². The van der Waals surface area contributed by atoms with Gasteiger partial charge in [-0.05, 0) is 54.7 Å². The predicted octanol–water partition coefficient (Wildman–Crippen LogP) is 3.39. The van der Waals surface area contributed by atoms with E-state index in [1.807, 2.05) is 0 Å². The van der Waals surface area contributed by atoms with E-state index in [1.54, 1.807) is 0 Å². The van der Waals surface area contributed by atoms with Gasteiger partial charge in [0.25, 0.3) is 0 Å². The van der Waals surface area contributed by atoms with Gasteiger partial charge >= 0.3 is 0 Å². The van der Waals surface area contributed by atoms with Gasteiger partial charge in [-0.3, -0.25) is 0 Å². The Hall–Kier alpha value is -0.860. The number of aryl methyl sites for hydroxylation is 1. The molecule has 3 N–H and O–H groups in total. The van der Waals surface area contributed by atoms with Gasteiger partial charge in [0.15, 0.2) is 0 Å². The molecule has 0 radical (unpaired) electrons. The maximum Gasteiger partial charge on any atom is 0.0347 e. The van der Waals surface area contributed by atoms with Crippen LogP contribution in [0.5, 0.6) is 0 Å². The summed E-state index contributed by atoms with van der Waals surface area (Å²) in [5.74, 6) is 2.14. The molecule has 1 unspecified atom stereocenters. The third-order valence-electron chi connectivity index (χ3n) is 5.34. The third kappa shape index (κ3) is 3.87. The van der Waals surface area contributed by atoms with E-state index < -0.39 is 0 Å². The van der Waals surface area contributed by atoms with Crippen LogP contribution in [0.1, 0.15) is 45.2 Å². The molecule has 0 bridgehead atoms. The van der Waals surface area contributed by atoms with E-state index in [0.29, 0.717) is 17.8 Å². The zero-order valence-electron chi connectivity index (χ0n) is 14.2. The molecule has 0 fully saturated rings. The van der Waals surface area contributed by atoms with Gasteiger partial charge in [0.2, 0.25) is 0 Å². The predicted molar refractivity (Wildman–Crippen MR) is 91.4 cm³/mol. The number of hydrogen-bond acceptors (Lipinski definition) is 2. The molecule has 1 aromatic rings. The molecule has 2 heteroatoms. The summed E-state index contributed by atoms with van der Waals surface area (Å²) in [6.07, 6.45) is 3.38. The molecule has 0 heterocycles. The molecule has 21 heavy (non-hydrogen) atoms. The molecule has 2 nitrogen and oxygen atoms in total. The molecular formula is C19H32N2. The third-order valence-corrected chi connectivity index (χ3v) is 5.34. The first-order valence-corrected chi connectivity index (χ1v) is 8.49. The minimum absolute atomic E-state index is 0.0936. The van der Waals surface area contributed by atoms with Crippen LogP contribution in [0.25, 0.3) is 0 Å². The van der Waals surface area contributed by atoms with Crippen LogP contribution in [-0.4, -0.2) is 18.6 Å². The first-order valence-electron chi connectivity index (χ1n) is 8.49. The van der Waals surface area contributed by atoms with Gasteiger partial charge in [-0.1, -0.05) is 52.0 Å². The molecule has 2 rings (SSSR count). The van der Waals surface area contributed by atoms with E-state index in [0.717, 1.165) is 32.4 Å². The molecule has 0 aromatic heterocycles. The second kappa shape index (κ2) is 6.93. The van der Waals surface area contributed by atoms with E-state index >= 15 is 0 Å². The van der Waals surface area contributed by atoms with Crippen molar-refractivity contribution in [3.63, 3.8) is 0 Å². The van der Waals surface area contributed by atoms with Gasteiger partial charge < -0.3 is 11.1 Å². The Kier molecular flexibility index (Phi) is 5.45. The minimum Gasteiger partial charge on any atom is -0.329 e. The minimum atomic E-state index is 0.0936. The molecule has 0 saturated carbocycles. The van der Waals surface area contributed by atoms with E-state index in [1.165, 1.54) is 11.1 Å². The number of hydrogen-bond donors (Lipinski definition) is 2. The number of nitrogens with two attached hydrogens (primary N) is 1. The summed E-state index contributed by atoms with van der Waals surface area (Å²) in [5, 5.41) is 3.86. The number of nitrogens with one attached hydrogen (secondary N) is 1. The molecule has 1 aliphatic carbocycles. The van der Waals surface area contributed by atoms with Crippen molar-refractivity contribution in [1.82, 2.24) is 5.32 Å². The zero-order chi connectivity index (χ0) is 15.5. The molecule has 1 atom stereocenters. The van der Waals surface area contributed by atoms with Crippen LogP contribution >= 0.6 is 0 Å². The lowest BCUT2D eigenvalue weighted by molar-refractivity contribution is 0.217. The maximum absolute atomic E-state index is 6.17. The van der Waals surface area contributed by atoms with Crippen molar-refractivity contribution < 1.29 is 0 Å². The topological polar surface area (TPSA) is 38.0 Å². The smallest absolute Gasteiger partial charge is 0.0347 e. The monoisotopic (exact) mass is 288 g/mol. The largest absolute Gasteiger partial charge is 0.329 e. The van der Waals surface area contributed by atoms with Crippen molar-refractivity contribution in [2.75, 3.05) is 13.1 Å². The Morgan fingerprint density at radius 3 is 2.29 bits per heavy atom. The fraction of sp³-hybridized carbons (Fsp3) is 0.684. The summed E-state index contributed by atoms with van der Waals surface area (Å²) in [6, 6.07) is 8.83. The van der Waals surface area contributed by atoms with Crippen LogP contribution in [0, 0.1) is 17.8 Å². The van der Waals surface area contributed by atoms with Crippen LogP contribution < -0.4 is 11.1 Å². The Balaban J connectivity index is 2.06. The van der Waals surface area contributed by atoms with Crippen LogP contribution in [0.2, 0.25) is 0 Å². The van der Waals surface area contributed by atoms with E-state index in [4.69, 9.17) is 5.73 Å². The SMILES string of the molecule is CC(C)C(CNC1(CN)CCc2ccccc2C1)C(C)C. The highest BCUT2D eigenvalue weighted by molar-refractivity contribution is 5.32. The summed E-state index contributed by atoms with van der Waals surface area (Å²) >= 11 is 0. The van der Waals surface area contributed by atoms with Crippen molar-refractivity contribution in [3.8, 4) is 0 Å². The first kappa shape index (κ1) is 16.5. The zero-order valence-corrected chi connectivity index (χ0v) is 14.2. The van der Waals surface area contributed by atoms with Crippen molar-refractivity contribution in [3.05, 3.63) is 35.4 Å². The van der Waals surface area contributed by atoms with Gasteiger partial charge in [-0.25, -0.2) is 0 Å². The van der Waals surface area contributed by atoms with E-state index in [-0.39, 0.29) is 5.54 Å². The average molecular weight is 288 g/mol. The standard InChI is InChI=1S/C19H32N2/c1-14(2)18(15(3)4)12-21-19(13-20)10-9-16-7-5-6-8-17(16)11-19/h5-8,14-15,18,21H,9-13,20H2,1-4H3. The van der Waals surface area contributed by atoms with Crippen LogP contribution in [-0.2, 0) is 12.8 Å². The molecule has 0 aliphatic heterocycles. The highest BCUT2D eigenvalue weighted by Crippen LogP contribution is 2.29. The summed E-state index contributed by atoms with van der Waals surface area (Å²) in [7, 11) is 0. The molecule has 0 saturated heterocycles. The summed E-state index contributed by atoms with van der Waals surface area (Å²) in [6.45, 7) is 11.1. The highest BCUT2D eigenvalue weighted by Gasteiger charge is 2.33. The Morgan fingerprint density at radius 2 is 1.71 bits per heavy atom. The van der Waals surface area contributed by atoms with Gasteiger partial charge in [-0.2, -0.15) is 0 Å². The maximum atomic E-state index is 6.17. The van der Waals surface area contributed by atoms with Crippen molar-refractivity contribution in [2.45, 2.75) is 52.5 Å². The molecule has 0 spiro atoms. The first-order chi connectivity index (χ1) is 9.97. The second-order valence-corrected chi connectivity index (χ2v) is 7.46. The normalized spacial score (nSPS) is 22.1. The molecule has 0 amide bonds. The summed E-state index contributed by atoms with van der Waals surface area (Å²) in [4.78, 5) is 0. The number of rotatable bonds is 6. The highest BCUT2D eigenvalue weighted by atomic mass is 15.0.